The van der Waals surface area contributed by atoms with Crippen molar-refractivity contribution in [3.8, 4) is 0 Å². The van der Waals surface area contributed by atoms with Gasteiger partial charge in [-0.1, -0.05) is 19.1 Å². The van der Waals surface area contributed by atoms with Crippen molar-refractivity contribution in [2.45, 2.75) is 30.8 Å². The van der Waals surface area contributed by atoms with E-state index in [0.29, 0.717) is 0 Å². The van der Waals surface area contributed by atoms with Crippen molar-refractivity contribution in [1.29, 1.82) is 0 Å². The maximum atomic E-state index is 11.6. The second kappa shape index (κ2) is 5.76. The highest BCUT2D eigenvalue weighted by atomic mass is 32.2. The minimum absolute atomic E-state index is 0.284. The molecule has 2 aromatic rings. The highest BCUT2D eigenvalue weighted by Gasteiger charge is 2.14. The van der Waals surface area contributed by atoms with Gasteiger partial charge in [-0.3, -0.25) is 4.68 Å². The van der Waals surface area contributed by atoms with E-state index in [9.17, 15) is 8.42 Å². The Morgan fingerprint density at radius 2 is 2.10 bits per heavy atom. The van der Waals surface area contributed by atoms with Gasteiger partial charge in [-0.15, -0.1) is 0 Å². The fourth-order valence-corrected chi connectivity index (χ4v) is 2.70. The predicted molar refractivity (Wildman–Crippen MR) is 78.1 cm³/mol. The summed E-state index contributed by atoms with van der Waals surface area (Å²) >= 11 is 0. The van der Waals surface area contributed by atoms with Crippen LogP contribution in [0.25, 0.3) is 0 Å². The van der Waals surface area contributed by atoms with Gasteiger partial charge in [-0.2, -0.15) is 5.10 Å². The molecule has 2 rings (SSSR count). The Morgan fingerprint density at radius 1 is 1.35 bits per heavy atom. The van der Waals surface area contributed by atoms with Gasteiger partial charge in [-0.05, 0) is 24.1 Å². The van der Waals surface area contributed by atoms with E-state index in [1.807, 2.05) is 16.9 Å². The van der Waals surface area contributed by atoms with Crippen molar-refractivity contribution in [1.82, 2.24) is 9.78 Å². The first-order valence-corrected chi connectivity index (χ1v) is 8.39. The molecule has 6 heteroatoms. The monoisotopic (exact) mass is 293 g/mol. The molecule has 2 N–H and O–H groups in total. The van der Waals surface area contributed by atoms with Crippen molar-refractivity contribution in [3.63, 3.8) is 0 Å². The first-order valence-electron chi connectivity index (χ1n) is 6.49. The number of hydrogen-bond donors (Lipinski definition) is 1. The van der Waals surface area contributed by atoms with Crippen LogP contribution in [0.5, 0.6) is 0 Å². The van der Waals surface area contributed by atoms with Gasteiger partial charge in [0.15, 0.2) is 9.84 Å². The Hall–Kier alpha value is -1.66. The van der Waals surface area contributed by atoms with E-state index in [-0.39, 0.29) is 10.9 Å². The Labute approximate surface area is 119 Å². The minimum Gasteiger partial charge on any atom is -0.320 e. The lowest BCUT2D eigenvalue weighted by Crippen LogP contribution is -2.12. The summed E-state index contributed by atoms with van der Waals surface area (Å²) in [5.74, 6) is 0. The first-order chi connectivity index (χ1) is 9.41. The fraction of sp³-hybridized carbons (Fsp3) is 0.357. The molecule has 108 valence electrons. The molecule has 1 atom stereocenters. The molecule has 1 aromatic carbocycles. The van der Waals surface area contributed by atoms with Gasteiger partial charge in [0.05, 0.1) is 17.1 Å². The molecule has 1 unspecified atom stereocenters. The van der Waals surface area contributed by atoms with Crippen LogP contribution in [-0.4, -0.2) is 24.5 Å². The van der Waals surface area contributed by atoms with Crippen molar-refractivity contribution >= 4 is 9.84 Å². The van der Waals surface area contributed by atoms with Gasteiger partial charge in [0.1, 0.15) is 0 Å². The normalized spacial score (nSPS) is 13.3. The fourth-order valence-electron chi connectivity index (χ4n) is 2.02. The molecular weight excluding hydrogens is 274 g/mol. The van der Waals surface area contributed by atoms with Crippen LogP contribution in [0, 0.1) is 0 Å². The molecule has 0 aliphatic rings. The number of rotatable bonds is 5. The van der Waals surface area contributed by atoms with Crippen LogP contribution < -0.4 is 5.73 Å². The van der Waals surface area contributed by atoms with Gasteiger partial charge in [0.2, 0.25) is 0 Å². The van der Waals surface area contributed by atoms with Crippen LogP contribution in [0.15, 0.2) is 41.6 Å². The van der Waals surface area contributed by atoms with Crippen molar-refractivity contribution in [3.05, 3.63) is 47.8 Å². The van der Waals surface area contributed by atoms with Crippen LogP contribution in [0.1, 0.15) is 30.5 Å². The number of nitrogens with zero attached hydrogens (tertiary/aromatic N) is 2. The third-order valence-electron chi connectivity index (χ3n) is 3.11. The molecular formula is C14H19N3O2S. The average molecular weight is 293 g/mol. The number of sulfone groups is 1. The molecule has 0 radical (unpaired) electrons. The van der Waals surface area contributed by atoms with Gasteiger partial charge in [0.25, 0.3) is 0 Å². The van der Waals surface area contributed by atoms with E-state index in [1.165, 1.54) is 6.26 Å². The molecule has 1 aromatic heterocycles. The Morgan fingerprint density at radius 3 is 2.75 bits per heavy atom. The van der Waals surface area contributed by atoms with Crippen LogP contribution in [0.2, 0.25) is 0 Å². The van der Waals surface area contributed by atoms with Crippen LogP contribution in [-0.2, 0) is 16.4 Å². The highest BCUT2D eigenvalue weighted by molar-refractivity contribution is 7.90. The number of nitrogens with two attached hydrogens (primary N) is 1. The Bertz CT molecular complexity index is 692. The molecule has 0 spiro atoms. The predicted octanol–water partition coefficient (Wildman–Crippen LogP) is 1.74. The van der Waals surface area contributed by atoms with Crippen LogP contribution >= 0.6 is 0 Å². The molecule has 0 aliphatic carbocycles. The van der Waals surface area contributed by atoms with Crippen molar-refractivity contribution in [2.24, 2.45) is 5.73 Å². The minimum atomic E-state index is -3.22. The van der Waals surface area contributed by atoms with Crippen LogP contribution in [0.4, 0.5) is 0 Å². The third kappa shape index (κ3) is 3.26. The van der Waals surface area contributed by atoms with Gasteiger partial charge in [-0.25, -0.2) is 8.42 Å². The lowest BCUT2D eigenvalue weighted by atomic mass is 10.0. The second-order valence-electron chi connectivity index (χ2n) is 4.86. The summed E-state index contributed by atoms with van der Waals surface area (Å²) in [6.07, 6.45) is 5.82. The summed E-state index contributed by atoms with van der Waals surface area (Å²) in [6.45, 7) is 2.92. The number of aromatic nitrogens is 2. The molecule has 1 heterocycles. The largest absolute Gasteiger partial charge is 0.320 e. The zero-order chi connectivity index (χ0) is 14.8. The molecule has 0 aliphatic heterocycles. The number of aryl methyl sites for hydroxylation is 1. The quantitative estimate of drug-likeness (QED) is 0.911. The highest BCUT2D eigenvalue weighted by Crippen LogP contribution is 2.21. The SMILES string of the molecule is CCCn1cc(C(N)c2cccc(S(C)(=O)=O)c2)cn1. The van der Waals surface area contributed by atoms with E-state index >= 15 is 0 Å². The zero-order valence-electron chi connectivity index (χ0n) is 11.7. The Kier molecular flexibility index (Phi) is 4.25. The maximum Gasteiger partial charge on any atom is 0.175 e. The summed E-state index contributed by atoms with van der Waals surface area (Å²) in [4.78, 5) is 0.284. The van der Waals surface area contributed by atoms with E-state index < -0.39 is 9.84 Å². The number of benzene rings is 1. The van der Waals surface area contributed by atoms with Gasteiger partial charge >= 0.3 is 0 Å². The summed E-state index contributed by atoms with van der Waals surface area (Å²) < 4.78 is 25.0. The zero-order valence-corrected chi connectivity index (χ0v) is 12.5. The van der Waals surface area contributed by atoms with Crippen LogP contribution in [0.3, 0.4) is 0 Å². The van der Waals surface area contributed by atoms with E-state index in [1.54, 1.807) is 24.4 Å². The standard InChI is InChI=1S/C14H19N3O2S/c1-3-7-17-10-12(9-16-17)14(15)11-5-4-6-13(8-11)20(2,18)19/h4-6,8-10,14H,3,7,15H2,1-2H3. The molecule has 0 amide bonds. The van der Waals surface area contributed by atoms with Crippen molar-refractivity contribution in [2.75, 3.05) is 6.26 Å². The van der Waals surface area contributed by atoms with Gasteiger partial charge < -0.3 is 5.73 Å². The summed E-state index contributed by atoms with van der Waals surface area (Å²) in [5, 5.41) is 4.24. The van der Waals surface area contributed by atoms with E-state index in [0.717, 1.165) is 24.1 Å². The molecule has 20 heavy (non-hydrogen) atoms. The number of hydrogen-bond acceptors (Lipinski definition) is 4. The Balaban J connectivity index is 2.30. The molecule has 0 bridgehead atoms. The lowest BCUT2D eigenvalue weighted by Gasteiger charge is -2.11. The third-order valence-corrected chi connectivity index (χ3v) is 4.22. The van der Waals surface area contributed by atoms with E-state index in [4.69, 9.17) is 5.73 Å². The van der Waals surface area contributed by atoms with E-state index in [2.05, 4.69) is 12.0 Å². The summed E-state index contributed by atoms with van der Waals surface area (Å²) in [7, 11) is -3.22. The maximum absolute atomic E-state index is 11.6. The second-order valence-corrected chi connectivity index (χ2v) is 6.87. The lowest BCUT2D eigenvalue weighted by molar-refractivity contribution is 0.601. The summed E-state index contributed by atoms with van der Waals surface area (Å²) in [5.41, 5.74) is 7.84. The van der Waals surface area contributed by atoms with Crippen molar-refractivity contribution < 1.29 is 8.42 Å². The topological polar surface area (TPSA) is 78.0 Å². The molecule has 0 saturated carbocycles. The molecule has 0 fully saturated rings. The smallest absolute Gasteiger partial charge is 0.175 e. The molecule has 0 saturated heterocycles. The van der Waals surface area contributed by atoms with Gasteiger partial charge in [0, 0.05) is 24.6 Å². The average Bonchev–Trinajstić information content (AvgIpc) is 2.86. The first kappa shape index (κ1) is 14.7. The summed E-state index contributed by atoms with van der Waals surface area (Å²) in [6, 6.07) is 6.37. The molecule has 5 nitrogen and oxygen atoms in total.